The van der Waals surface area contributed by atoms with E-state index < -0.39 is 0 Å². The molecule has 23 heavy (non-hydrogen) atoms. The summed E-state index contributed by atoms with van der Waals surface area (Å²) < 4.78 is 4.87. The Bertz CT molecular complexity index is 496. The maximum atomic E-state index is 11.2. The number of carbonyl (C=O) groups is 1. The van der Waals surface area contributed by atoms with Crippen LogP contribution < -0.4 is 11.1 Å². The Hall–Kier alpha value is -1.31. The van der Waals surface area contributed by atoms with Crippen LogP contribution in [0.15, 0.2) is 23.2 Å². The van der Waals surface area contributed by atoms with Gasteiger partial charge in [-0.3, -0.25) is 9.79 Å². The van der Waals surface area contributed by atoms with E-state index in [-0.39, 0.29) is 29.9 Å². The number of ether oxygens (including phenoxy) is 1. The second-order valence-corrected chi connectivity index (χ2v) is 4.96. The van der Waals surface area contributed by atoms with Crippen LogP contribution in [-0.2, 0) is 22.4 Å². The molecule has 1 aromatic carbocycles. The van der Waals surface area contributed by atoms with Crippen LogP contribution in [0.5, 0.6) is 0 Å². The number of aliphatic imine (C=N–C) groups is 1. The number of nitrogens with one attached hydrogen (secondary N) is 1. The number of benzene rings is 1. The normalized spacial score (nSPS) is 10.8. The van der Waals surface area contributed by atoms with Crippen LogP contribution in [-0.4, -0.2) is 25.1 Å². The Morgan fingerprint density at radius 3 is 2.35 bits per heavy atom. The molecule has 0 saturated carbocycles. The van der Waals surface area contributed by atoms with Gasteiger partial charge in [-0.1, -0.05) is 32.0 Å². The number of para-hydroxylation sites is 1. The SMILES string of the molecule is CCOC(=O)CCCN=C(N)Nc1c(CC)cccc1CC.I. The largest absolute Gasteiger partial charge is 0.466 e. The number of nitrogens with two attached hydrogens (primary N) is 1. The zero-order chi connectivity index (χ0) is 16.4. The monoisotopic (exact) mass is 433 g/mol. The van der Waals surface area contributed by atoms with Gasteiger partial charge in [-0.05, 0) is 37.3 Å². The highest BCUT2D eigenvalue weighted by atomic mass is 127. The Labute approximate surface area is 156 Å². The number of hydrogen-bond donors (Lipinski definition) is 2. The van der Waals surface area contributed by atoms with E-state index in [1.165, 1.54) is 11.1 Å². The molecule has 0 saturated heterocycles. The summed E-state index contributed by atoms with van der Waals surface area (Å²) in [6.07, 6.45) is 2.88. The molecule has 0 bridgehead atoms. The van der Waals surface area contributed by atoms with Gasteiger partial charge in [-0.2, -0.15) is 0 Å². The fraction of sp³-hybridized carbons (Fsp3) is 0.529. The minimum atomic E-state index is -0.186. The van der Waals surface area contributed by atoms with E-state index in [4.69, 9.17) is 10.5 Å². The Morgan fingerprint density at radius 2 is 1.83 bits per heavy atom. The molecule has 6 heteroatoms. The van der Waals surface area contributed by atoms with E-state index in [1.54, 1.807) is 6.92 Å². The summed E-state index contributed by atoms with van der Waals surface area (Å²) in [4.78, 5) is 15.5. The lowest BCUT2D eigenvalue weighted by atomic mass is 10.0. The van der Waals surface area contributed by atoms with E-state index >= 15 is 0 Å². The van der Waals surface area contributed by atoms with Crippen molar-refractivity contribution < 1.29 is 9.53 Å². The molecular formula is C17H28IN3O2. The lowest BCUT2D eigenvalue weighted by molar-refractivity contribution is -0.143. The van der Waals surface area contributed by atoms with E-state index in [1.807, 2.05) is 0 Å². The standard InChI is InChI=1S/C17H27N3O2.HI/c1-4-13-9-7-10-14(5-2)16(13)20-17(18)19-12-8-11-15(21)22-6-3;/h7,9-10H,4-6,8,11-12H2,1-3H3,(H3,18,19,20);1H. The summed E-state index contributed by atoms with van der Waals surface area (Å²) in [5.41, 5.74) is 9.46. The number of anilines is 1. The van der Waals surface area contributed by atoms with Crippen molar-refractivity contribution in [2.45, 2.75) is 46.5 Å². The third kappa shape index (κ3) is 7.67. The van der Waals surface area contributed by atoms with E-state index in [9.17, 15) is 4.79 Å². The van der Waals surface area contributed by atoms with Gasteiger partial charge in [-0.15, -0.1) is 24.0 Å². The molecule has 0 unspecified atom stereocenters. The van der Waals surface area contributed by atoms with Crippen LogP contribution in [0.3, 0.4) is 0 Å². The van der Waals surface area contributed by atoms with Crippen LogP contribution in [0.25, 0.3) is 0 Å². The number of aryl methyl sites for hydroxylation is 2. The van der Waals surface area contributed by atoms with Crippen molar-refractivity contribution >= 4 is 41.6 Å². The molecule has 5 nitrogen and oxygen atoms in total. The predicted octanol–water partition coefficient (Wildman–Crippen LogP) is 3.50. The maximum absolute atomic E-state index is 11.2. The Kier molecular flexibility index (Phi) is 11.5. The van der Waals surface area contributed by atoms with Gasteiger partial charge in [0.2, 0.25) is 0 Å². The molecule has 0 heterocycles. The Balaban J connectivity index is 0.00000484. The minimum absolute atomic E-state index is 0. The summed E-state index contributed by atoms with van der Waals surface area (Å²) in [5.74, 6) is 0.202. The first-order valence-corrected chi connectivity index (χ1v) is 7.95. The molecule has 1 rings (SSSR count). The molecule has 0 aliphatic carbocycles. The molecule has 0 radical (unpaired) electrons. The molecule has 0 fully saturated rings. The lowest BCUT2D eigenvalue weighted by Gasteiger charge is -2.14. The minimum Gasteiger partial charge on any atom is -0.466 e. The van der Waals surface area contributed by atoms with Gasteiger partial charge in [0.05, 0.1) is 6.61 Å². The molecule has 0 aliphatic heterocycles. The fourth-order valence-corrected chi connectivity index (χ4v) is 2.23. The van der Waals surface area contributed by atoms with Crippen LogP contribution in [0.1, 0.15) is 44.7 Å². The highest BCUT2D eigenvalue weighted by Gasteiger charge is 2.07. The zero-order valence-corrected chi connectivity index (χ0v) is 16.6. The second kappa shape index (κ2) is 12.2. The van der Waals surface area contributed by atoms with Crippen molar-refractivity contribution in [3.05, 3.63) is 29.3 Å². The average Bonchev–Trinajstić information content (AvgIpc) is 2.52. The van der Waals surface area contributed by atoms with Gasteiger partial charge in [-0.25, -0.2) is 0 Å². The van der Waals surface area contributed by atoms with E-state index in [0.29, 0.717) is 32.0 Å². The second-order valence-electron chi connectivity index (χ2n) is 4.96. The van der Waals surface area contributed by atoms with Gasteiger partial charge in [0, 0.05) is 18.7 Å². The number of guanidine groups is 1. The molecule has 0 amide bonds. The summed E-state index contributed by atoms with van der Waals surface area (Å²) >= 11 is 0. The smallest absolute Gasteiger partial charge is 0.305 e. The number of esters is 1. The number of nitrogens with zero attached hydrogens (tertiary/aromatic N) is 1. The van der Waals surface area contributed by atoms with Crippen molar-refractivity contribution in [2.75, 3.05) is 18.5 Å². The maximum Gasteiger partial charge on any atom is 0.305 e. The van der Waals surface area contributed by atoms with E-state index in [0.717, 1.165) is 18.5 Å². The molecular weight excluding hydrogens is 405 g/mol. The quantitative estimate of drug-likeness (QED) is 0.216. The van der Waals surface area contributed by atoms with Crippen LogP contribution >= 0.6 is 24.0 Å². The van der Waals surface area contributed by atoms with Gasteiger partial charge >= 0.3 is 5.97 Å². The molecule has 0 spiro atoms. The number of hydrogen-bond acceptors (Lipinski definition) is 3. The summed E-state index contributed by atoms with van der Waals surface area (Å²) in [7, 11) is 0. The molecule has 0 aromatic heterocycles. The van der Waals surface area contributed by atoms with Crippen LogP contribution in [0.2, 0.25) is 0 Å². The number of rotatable bonds is 8. The van der Waals surface area contributed by atoms with Crippen molar-refractivity contribution in [3.8, 4) is 0 Å². The lowest BCUT2D eigenvalue weighted by Crippen LogP contribution is -2.24. The molecule has 130 valence electrons. The predicted molar refractivity (Wildman–Crippen MR) is 107 cm³/mol. The van der Waals surface area contributed by atoms with Gasteiger partial charge < -0.3 is 15.8 Å². The molecule has 3 N–H and O–H groups in total. The van der Waals surface area contributed by atoms with E-state index in [2.05, 4.69) is 42.4 Å². The van der Waals surface area contributed by atoms with Crippen LogP contribution in [0, 0.1) is 0 Å². The summed E-state index contributed by atoms with van der Waals surface area (Å²) in [6, 6.07) is 6.25. The molecule has 0 aliphatic rings. The van der Waals surface area contributed by atoms with Gasteiger partial charge in [0.25, 0.3) is 0 Å². The number of halogens is 1. The fourth-order valence-electron chi connectivity index (χ4n) is 2.23. The van der Waals surface area contributed by atoms with Crippen molar-refractivity contribution in [1.29, 1.82) is 0 Å². The first-order valence-electron chi connectivity index (χ1n) is 7.95. The Morgan fingerprint density at radius 1 is 1.22 bits per heavy atom. The number of carbonyl (C=O) groups excluding carboxylic acids is 1. The highest BCUT2D eigenvalue weighted by Crippen LogP contribution is 2.22. The summed E-state index contributed by atoms with van der Waals surface area (Å²) in [5, 5.41) is 3.21. The topological polar surface area (TPSA) is 76.7 Å². The zero-order valence-electron chi connectivity index (χ0n) is 14.2. The van der Waals surface area contributed by atoms with Gasteiger partial charge in [0.15, 0.2) is 5.96 Å². The third-order valence-corrected chi connectivity index (χ3v) is 3.38. The molecule has 0 atom stereocenters. The first-order chi connectivity index (χ1) is 10.6. The van der Waals surface area contributed by atoms with Crippen molar-refractivity contribution in [2.24, 2.45) is 10.7 Å². The first kappa shape index (κ1) is 21.7. The third-order valence-electron chi connectivity index (χ3n) is 3.38. The average molecular weight is 433 g/mol. The summed E-state index contributed by atoms with van der Waals surface area (Å²) in [6.45, 7) is 6.96. The van der Waals surface area contributed by atoms with Crippen LogP contribution in [0.4, 0.5) is 5.69 Å². The van der Waals surface area contributed by atoms with Gasteiger partial charge in [0.1, 0.15) is 0 Å². The van der Waals surface area contributed by atoms with Crippen molar-refractivity contribution in [3.63, 3.8) is 0 Å². The van der Waals surface area contributed by atoms with Crippen molar-refractivity contribution in [1.82, 2.24) is 0 Å². The molecule has 1 aromatic rings. The highest BCUT2D eigenvalue weighted by molar-refractivity contribution is 14.0.